The molecule has 0 radical (unpaired) electrons. The first-order valence-electron chi connectivity index (χ1n) is 9.32. The van der Waals surface area contributed by atoms with Crippen LogP contribution in [0.4, 0.5) is 5.69 Å². The Balaban J connectivity index is 1.47. The minimum Gasteiger partial charge on any atom is -0.497 e. The topological polar surface area (TPSA) is 77.8 Å². The highest BCUT2D eigenvalue weighted by molar-refractivity contribution is 5.92. The van der Waals surface area contributed by atoms with Crippen LogP contribution in [0.25, 0.3) is 22.1 Å². The van der Waals surface area contributed by atoms with Crippen LogP contribution in [-0.4, -0.2) is 19.6 Å². The summed E-state index contributed by atoms with van der Waals surface area (Å²) in [7, 11) is 1.58. The zero-order valence-corrected chi connectivity index (χ0v) is 16.3. The maximum Gasteiger partial charge on any atom is 0.344 e. The number of ether oxygens (including phenoxy) is 2. The van der Waals surface area contributed by atoms with Crippen molar-refractivity contribution in [2.24, 2.45) is 0 Å². The van der Waals surface area contributed by atoms with Gasteiger partial charge in [0.25, 0.3) is 5.91 Å². The minimum absolute atomic E-state index is 0.144. The second-order valence-electron chi connectivity index (χ2n) is 6.58. The zero-order chi connectivity index (χ0) is 20.9. The molecule has 0 aliphatic carbocycles. The Morgan fingerprint density at radius 2 is 1.70 bits per heavy atom. The second kappa shape index (κ2) is 8.53. The van der Waals surface area contributed by atoms with Gasteiger partial charge in [-0.3, -0.25) is 4.79 Å². The Kier molecular flexibility index (Phi) is 5.48. The van der Waals surface area contributed by atoms with Crippen molar-refractivity contribution in [3.8, 4) is 22.6 Å². The fourth-order valence-electron chi connectivity index (χ4n) is 3.05. The molecule has 0 aliphatic heterocycles. The monoisotopic (exact) mass is 401 g/mol. The van der Waals surface area contributed by atoms with E-state index in [9.17, 15) is 9.59 Å². The van der Waals surface area contributed by atoms with E-state index < -0.39 is 5.63 Å². The van der Waals surface area contributed by atoms with E-state index in [-0.39, 0.29) is 12.5 Å². The molecule has 0 atom stereocenters. The van der Waals surface area contributed by atoms with Gasteiger partial charge in [0.05, 0.1) is 12.7 Å². The van der Waals surface area contributed by atoms with Gasteiger partial charge in [0.1, 0.15) is 17.1 Å². The summed E-state index contributed by atoms with van der Waals surface area (Å²) < 4.78 is 16.0. The van der Waals surface area contributed by atoms with E-state index in [0.29, 0.717) is 33.9 Å². The van der Waals surface area contributed by atoms with Gasteiger partial charge in [-0.2, -0.15) is 0 Å². The molecule has 0 fully saturated rings. The number of benzene rings is 3. The number of anilines is 1. The molecule has 6 nitrogen and oxygen atoms in total. The predicted octanol–water partition coefficient (Wildman–Crippen LogP) is 4.49. The summed E-state index contributed by atoms with van der Waals surface area (Å²) in [5.41, 5.74) is 1.75. The van der Waals surface area contributed by atoms with Crippen molar-refractivity contribution in [3.05, 3.63) is 89.3 Å². The number of carbonyl (C=O) groups is 1. The van der Waals surface area contributed by atoms with Crippen LogP contribution in [0.2, 0.25) is 0 Å². The quantitative estimate of drug-likeness (QED) is 0.482. The van der Waals surface area contributed by atoms with Crippen molar-refractivity contribution in [3.63, 3.8) is 0 Å². The van der Waals surface area contributed by atoms with Crippen LogP contribution in [0, 0.1) is 0 Å². The third-order valence-corrected chi connectivity index (χ3v) is 4.53. The van der Waals surface area contributed by atoms with Gasteiger partial charge in [-0.1, -0.05) is 30.3 Å². The lowest BCUT2D eigenvalue weighted by atomic mass is 10.1. The van der Waals surface area contributed by atoms with Gasteiger partial charge in [0, 0.05) is 11.1 Å². The molecular formula is C24H19NO5. The Morgan fingerprint density at radius 1 is 0.933 bits per heavy atom. The first kappa shape index (κ1) is 19.3. The van der Waals surface area contributed by atoms with Crippen molar-refractivity contribution in [2.75, 3.05) is 19.0 Å². The fourth-order valence-corrected chi connectivity index (χ4v) is 3.05. The summed E-state index contributed by atoms with van der Waals surface area (Å²) in [6.45, 7) is -0.144. The normalized spacial score (nSPS) is 10.6. The van der Waals surface area contributed by atoms with Crippen LogP contribution in [0.5, 0.6) is 11.5 Å². The standard InChI is InChI=1S/C24H19NO5/c1-28-19-9-11-20(12-10-19)29-15-23(26)25-18-7-4-6-16(13-18)21-14-17-5-2-3-8-22(17)30-24(21)27/h2-14H,15H2,1H3,(H,25,26). The number of fused-ring (bicyclic) bond motifs is 1. The summed E-state index contributed by atoms with van der Waals surface area (Å²) in [6, 6.07) is 23.1. The highest BCUT2D eigenvalue weighted by Crippen LogP contribution is 2.23. The van der Waals surface area contributed by atoms with Crippen LogP contribution in [0.1, 0.15) is 0 Å². The van der Waals surface area contributed by atoms with Crippen molar-refractivity contribution in [1.82, 2.24) is 0 Å². The molecular weight excluding hydrogens is 382 g/mol. The number of amides is 1. The highest BCUT2D eigenvalue weighted by Gasteiger charge is 2.10. The third kappa shape index (κ3) is 4.33. The first-order valence-corrected chi connectivity index (χ1v) is 9.32. The van der Waals surface area contributed by atoms with E-state index in [1.54, 1.807) is 67.8 Å². The minimum atomic E-state index is -0.431. The largest absolute Gasteiger partial charge is 0.497 e. The number of hydrogen-bond acceptors (Lipinski definition) is 5. The van der Waals surface area contributed by atoms with E-state index in [0.717, 1.165) is 5.39 Å². The van der Waals surface area contributed by atoms with Crippen LogP contribution < -0.4 is 20.4 Å². The van der Waals surface area contributed by atoms with Crippen molar-refractivity contribution >= 4 is 22.6 Å². The number of carbonyl (C=O) groups excluding carboxylic acids is 1. The number of methoxy groups -OCH3 is 1. The molecule has 0 unspecified atom stereocenters. The van der Waals surface area contributed by atoms with Gasteiger partial charge >= 0.3 is 5.63 Å². The van der Waals surface area contributed by atoms with Crippen molar-refractivity contribution in [1.29, 1.82) is 0 Å². The Labute approximate surface area is 172 Å². The van der Waals surface area contributed by atoms with Crippen LogP contribution in [-0.2, 0) is 4.79 Å². The maximum atomic E-state index is 12.4. The summed E-state index contributed by atoms with van der Waals surface area (Å²) in [6.07, 6.45) is 0. The number of rotatable bonds is 6. The van der Waals surface area contributed by atoms with Gasteiger partial charge in [-0.15, -0.1) is 0 Å². The molecule has 0 bridgehead atoms. The molecule has 1 heterocycles. The lowest BCUT2D eigenvalue weighted by molar-refractivity contribution is -0.118. The average molecular weight is 401 g/mol. The van der Waals surface area contributed by atoms with Gasteiger partial charge < -0.3 is 19.2 Å². The molecule has 0 saturated carbocycles. The summed E-state index contributed by atoms with van der Waals surface area (Å²) >= 11 is 0. The highest BCUT2D eigenvalue weighted by atomic mass is 16.5. The number of para-hydroxylation sites is 1. The molecule has 0 spiro atoms. The van der Waals surface area contributed by atoms with Gasteiger partial charge in [-0.05, 0) is 54.1 Å². The second-order valence-corrected chi connectivity index (χ2v) is 6.58. The molecule has 6 heteroatoms. The average Bonchev–Trinajstić information content (AvgIpc) is 2.77. The summed E-state index contributed by atoms with van der Waals surface area (Å²) in [5, 5.41) is 3.61. The molecule has 0 saturated heterocycles. The van der Waals surface area contributed by atoms with E-state index >= 15 is 0 Å². The molecule has 4 rings (SSSR count). The molecule has 3 aromatic carbocycles. The molecule has 0 aliphatic rings. The lowest BCUT2D eigenvalue weighted by Gasteiger charge is -2.09. The van der Waals surface area contributed by atoms with Gasteiger partial charge in [0.2, 0.25) is 0 Å². The molecule has 1 aromatic heterocycles. The summed E-state index contributed by atoms with van der Waals surface area (Å²) in [5.74, 6) is 0.962. The Hall–Kier alpha value is -4.06. The van der Waals surface area contributed by atoms with Gasteiger partial charge in [0.15, 0.2) is 6.61 Å². The van der Waals surface area contributed by atoms with Crippen LogP contribution in [0.15, 0.2) is 88.1 Å². The molecule has 30 heavy (non-hydrogen) atoms. The van der Waals surface area contributed by atoms with E-state index in [1.165, 1.54) is 0 Å². The molecule has 150 valence electrons. The molecule has 1 N–H and O–H groups in total. The Morgan fingerprint density at radius 3 is 2.50 bits per heavy atom. The molecule has 4 aromatic rings. The zero-order valence-electron chi connectivity index (χ0n) is 16.3. The van der Waals surface area contributed by atoms with E-state index in [2.05, 4.69) is 5.32 Å². The number of nitrogens with one attached hydrogen (secondary N) is 1. The number of hydrogen-bond donors (Lipinski definition) is 1. The SMILES string of the molecule is COc1ccc(OCC(=O)Nc2cccc(-c3cc4ccccc4oc3=O)c2)cc1. The smallest absolute Gasteiger partial charge is 0.344 e. The van der Waals surface area contributed by atoms with E-state index in [4.69, 9.17) is 13.9 Å². The lowest BCUT2D eigenvalue weighted by Crippen LogP contribution is -2.20. The molecule has 1 amide bonds. The van der Waals surface area contributed by atoms with Crippen molar-refractivity contribution in [2.45, 2.75) is 0 Å². The maximum absolute atomic E-state index is 12.4. The van der Waals surface area contributed by atoms with Crippen molar-refractivity contribution < 1.29 is 18.7 Å². The summed E-state index contributed by atoms with van der Waals surface area (Å²) in [4.78, 5) is 24.6. The fraction of sp³-hybridized carbons (Fsp3) is 0.0833. The van der Waals surface area contributed by atoms with Gasteiger partial charge in [-0.25, -0.2) is 4.79 Å². The predicted molar refractivity (Wildman–Crippen MR) is 115 cm³/mol. The first-order chi connectivity index (χ1) is 14.6. The van der Waals surface area contributed by atoms with Crippen LogP contribution in [0.3, 0.4) is 0 Å². The third-order valence-electron chi connectivity index (χ3n) is 4.53. The Bertz CT molecular complexity index is 1240. The van der Waals surface area contributed by atoms with Crippen LogP contribution >= 0.6 is 0 Å². The van der Waals surface area contributed by atoms with E-state index in [1.807, 2.05) is 18.2 Å².